The summed E-state index contributed by atoms with van der Waals surface area (Å²) in [4.78, 5) is 4.66. The largest absolute Gasteiger partial charge is 0.495 e. The quantitative estimate of drug-likeness (QED) is 0.460. The molecule has 1 atom stereocenters. The van der Waals surface area contributed by atoms with Crippen molar-refractivity contribution in [1.29, 1.82) is 0 Å². The van der Waals surface area contributed by atoms with Gasteiger partial charge in [0.15, 0.2) is 0 Å². The molecule has 0 saturated carbocycles. The Hall–Kier alpha value is -2.49. The van der Waals surface area contributed by atoms with E-state index in [9.17, 15) is 0 Å². The lowest BCUT2D eigenvalue weighted by Gasteiger charge is -2.20. The predicted octanol–water partition coefficient (Wildman–Crippen LogP) is 5.94. The molecule has 1 heterocycles. The molecule has 1 aromatic carbocycles. The number of benzene rings is 1. The highest BCUT2D eigenvalue weighted by molar-refractivity contribution is 5.39. The standard InChI is InChI=1S/C23H31NO3/c1-6-8-12-23(21-11-9-10-18(4)24-21)27-20-13-14-22(17(3)15-20)26-16-19(5)25-7-2/h9-11,13-15,23H,5-8,12,16H2,1-4H3/t23-/m0/s1. The summed E-state index contributed by atoms with van der Waals surface area (Å²) >= 11 is 0. The molecule has 0 radical (unpaired) electrons. The minimum atomic E-state index is -0.0475. The lowest BCUT2D eigenvalue weighted by atomic mass is 10.1. The highest BCUT2D eigenvalue weighted by Crippen LogP contribution is 2.29. The fourth-order valence-electron chi connectivity index (χ4n) is 2.83. The molecule has 0 saturated heterocycles. The Morgan fingerprint density at radius 1 is 1.15 bits per heavy atom. The molecule has 2 aromatic rings. The Morgan fingerprint density at radius 2 is 1.96 bits per heavy atom. The van der Waals surface area contributed by atoms with Crippen molar-refractivity contribution in [3.05, 3.63) is 65.7 Å². The zero-order valence-corrected chi connectivity index (χ0v) is 17.0. The lowest BCUT2D eigenvalue weighted by Crippen LogP contribution is -2.10. The molecule has 1 aromatic heterocycles. The van der Waals surface area contributed by atoms with Crippen LogP contribution in [0.25, 0.3) is 0 Å². The van der Waals surface area contributed by atoms with Crippen LogP contribution in [0.3, 0.4) is 0 Å². The maximum atomic E-state index is 6.30. The van der Waals surface area contributed by atoms with E-state index in [1.165, 1.54) is 0 Å². The molecule has 4 heteroatoms. The van der Waals surface area contributed by atoms with E-state index < -0.39 is 0 Å². The zero-order chi connectivity index (χ0) is 19.6. The SMILES string of the molecule is C=C(COc1ccc(O[C@@H](CCCC)c2cccc(C)n2)cc1C)OCC. The normalized spacial score (nSPS) is 11.7. The number of ether oxygens (including phenoxy) is 3. The van der Waals surface area contributed by atoms with Crippen molar-refractivity contribution in [2.75, 3.05) is 13.2 Å². The molecule has 27 heavy (non-hydrogen) atoms. The van der Waals surface area contributed by atoms with Crippen molar-refractivity contribution < 1.29 is 14.2 Å². The van der Waals surface area contributed by atoms with Crippen molar-refractivity contribution >= 4 is 0 Å². The summed E-state index contributed by atoms with van der Waals surface area (Å²) < 4.78 is 17.4. The van der Waals surface area contributed by atoms with Crippen LogP contribution in [-0.4, -0.2) is 18.2 Å². The maximum Gasteiger partial charge on any atom is 0.145 e. The van der Waals surface area contributed by atoms with Crippen molar-refractivity contribution in [3.63, 3.8) is 0 Å². The second kappa shape index (κ2) is 10.6. The monoisotopic (exact) mass is 369 g/mol. The number of hydrogen-bond acceptors (Lipinski definition) is 4. The summed E-state index contributed by atoms with van der Waals surface area (Å²) in [7, 11) is 0. The number of hydrogen-bond donors (Lipinski definition) is 0. The molecule has 0 amide bonds. The zero-order valence-electron chi connectivity index (χ0n) is 17.0. The average Bonchev–Trinajstić information content (AvgIpc) is 2.64. The van der Waals surface area contributed by atoms with E-state index in [-0.39, 0.29) is 6.10 Å². The first-order valence-corrected chi connectivity index (χ1v) is 9.67. The molecule has 0 fully saturated rings. The first kappa shape index (κ1) is 20.8. The van der Waals surface area contributed by atoms with Gasteiger partial charge >= 0.3 is 0 Å². The van der Waals surface area contributed by atoms with Crippen LogP contribution >= 0.6 is 0 Å². The van der Waals surface area contributed by atoms with Crippen molar-refractivity contribution in [1.82, 2.24) is 4.98 Å². The molecule has 0 aliphatic rings. The van der Waals surface area contributed by atoms with Gasteiger partial charge in [0.1, 0.15) is 30.0 Å². The van der Waals surface area contributed by atoms with Crippen molar-refractivity contribution in [2.24, 2.45) is 0 Å². The first-order valence-electron chi connectivity index (χ1n) is 9.67. The van der Waals surface area contributed by atoms with Gasteiger partial charge < -0.3 is 14.2 Å². The van der Waals surface area contributed by atoms with Gasteiger partial charge in [-0.3, -0.25) is 4.98 Å². The van der Waals surface area contributed by atoms with Crippen LogP contribution in [0, 0.1) is 13.8 Å². The van der Waals surface area contributed by atoms with Crippen LogP contribution in [0.2, 0.25) is 0 Å². The Bertz CT molecular complexity index is 742. The predicted molar refractivity (Wildman–Crippen MR) is 109 cm³/mol. The van der Waals surface area contributed by atoms with Crippen LogP contribution < -0.4 is 9.47 Å². The number of pyridine rings is 1. The molecule has 0 bridgehead atoms. The highest BCUT2D eigenvalue weighted by Gasteiger charge is 2.15. The fourth-order valence-corrected chi connectivity index (χ4v) is 2.83. The van der Waals surface area contributed by atoms with Gasteiger partial charge in [-0.05, 0) is 69.5 Å². The van der Waals surface area contributed by atoms with Gasteiger partial charge in [0, 0.05) is 5.69 Å². The summed E-state index contributed by atoms with van der Waals surface area (Å²) in [5.74, 6) is 2.26. The van der Waals surface area contributed by atoms with Crippen LogP contribution in [0.4, 0.5) is 0 Å². The molecule has 4 nitrogen and oxygen atoms in total. The minimum absolute atomic E-state index is 0.0475. The van der Waals surface area contributed by atoms with E-state index in [0.29, 0.717) is 19.0 Å². The Morgan fingerprint density at radius 3 is 2.63 bits per heavy atom. The summed E-state index contributed by atoms with van der Waals surface area (Å²) in [6.07, 6.45) is 3.12. The molecular weight excluding hydrogens is 338 g/mol. The third kappa shape index (κ3) is 6.63. The Labute approximate surface area is 163 Å². The second-order valence-corrected chi connectivity index (χ2v) is 6.64. The average molecular weight is 370 g/mol. The van der Waals surface area contributed by atoms with Crippen LogP contribution in [0.1, 0.15) is 56.2 Å². The van der Waals surface area contributed by atoms with E-state index >= 15 is 0 Å². The number of aromatic nitrogens is 1. The van der Waals surface area contributed by atoms with Gasteiger partial charge in [-0.25, -0.2) is 0 Å². The molecule has 2 rings (SSSR count). The molecule has 0 spiro atoms. The summed E-state index contributed by atoms with van der Waals surface area (Å²) in [6, 6.07) is 12.0. The number of rotatable bonds is 11. The molecule has 0 aliphatic heterocycles. The van der Waals surface area contributed by atoms with Gasteiger partial charge in [-0.2, -0.15) is 0 Å². The number of aryl methyl sites for hydroxylation is 2. The summed E-state index contributed by atoms with van der Waals surface area (Å²) in [5, 5.41) is 0. The third-order valence-electron chi connectivity index (χ3n) is 4.22. The molecular formula is C23H31NO3. The van der Waals surface area contributed by atoms with Gasteiger partial charge in [-0.15, -0.1) is 0 Å². The smallest absolute Gasteiger partial charge is 0.145 e. The third-order valence-corrected chi connectivity index (χ3v) is 4.22. The van der Waals surface area contributed by atoms with Crippen molar-refractivity contribution in [2.45, 2.75) is 53.1 Å². The van der Waals surface area contributed by atoms with Crippen LogP contribution in [0.15, 0.2) is 48.7 Å². The Kier molecular flexibility index (Phi) is 8.18. The topological polar surface area (TPSA) is 40.6 Å². The van der Waals surface area contributed by atoms with Gasteiger partial charge in [0.25, 0.3) is 0 Å². The second-order valence-electron chi connectivity index (χ2n) is 6.64. The molecule has 146 valence electrons. The summed E-state index contributed by atoms with van der Waals surface area (Å²) in [5.41, 5.74) is 3.00. The molecule has 0 unspecified atom stereocenters. The maximum absolute atomic E-state index is 6.30. The van der Waals surface area contributed by atoms with E-state index in [0.717, 1.165) is 47.7 Å². The first-order chi connectivity index (χ1) is 13.0. The highest BCUT2D eigenvalue weighted by atomic mass is 16.5. The van der Waals surface area contributed by atoms with Crippen LogP contribution in [-0.2, 0) is 4.74 Å². The summed E-state index contributed by atoms with van der Waals surface area (Å²) in [6.45, 7) is 12.9. The van der Waals surface area contributed by atoms with E-state index in [1.54, 1.807) is 0 Å². The minimum Gasteiger partial charge on any atom is -0.495 e. The van der Waals surface area contributed by atoms with Gasteiger partial charge in [-0.1, -0.05) is 26.0 Å². The van der Waals surface area contributed by atoms with Crippen molar-refractivity contribution in [3.8, 4) is 11.5 Å². The Balaban J connectivity index is 2.08. The van der Waals surface area contributed by atoms with Crippen LogP contribution in [0.5, 0.6) is 11.5 Å². The van der Waals surface area contributed by atoms with Gasteiger partial charge in [0.2, 0.25) is 0 Å². The van der Waals surface area contributed by atoms with E-state index in [2.05, 4.69) is 18.5 Å². The molecule has 0 N–H and O–H groups in total. The molecule has 0 aliphatic carbocycles. The lowest BCUT2D eigenvalue weighted by molar-refractivity contribution is 0.180. The van der Waals surface area contributed by atoms with Gasteiger partial charge in [0.05, 0.1) is 12.3 Å². The fraction of sp³-hybridized carbons (Fsp3) is 0.435. The van der Waals surface area contributed by atoms with E-state index in [4.69, 9.17) is 14.2 Å². The van der Waals surface area contributed by atoms with E-state index in [1.807, 2.05) is 57.2 Å². The number of nitrogens with zero attached hydrogens (tertiary/aromatic N) is 1. The number of unbranched alkanes of at least 4 members (excludes halogenated alkanes) is 1.